The van der Waals surface area contributed by atoms with Gasteiger partial charge in [0.25, 0.3) is 0 Å². The van der Waals surface area contributed by atoms with Gasteiger partial charge in [-0.2, -0.15) is 0 Å². The topological polar surface area (TPSA) is 12.0 Å². The highest BCUT2D eigenvalue weighted by Crippen LogP contribution is 2.39. The Morgan fingerprint density at radius 2 is 2.06 bits per heavy atom. The fourth-order valence-electron chi connectivity index (χ4n) is 2.22. The van der Waals surface area contributed by atoms with Gasteiger partial charge in [0, 0.05) is 20.8 Å². The maximum atomic E-state index is 3.62. The van der Waals surface area contributed by atoms with Crippen LogP contribution in [0.2, 0.25) is 0 Å². The van der Waals surface area contributed by atoms with E-state index in [-0.39, 0.29) is 0 Å². The van der Waals surface area contributed by atoms with Crippen molar-refractivity contribution < 1.29 is 0 Å². The number of halogens is 1. The van der Waals surface area contributed by atoms with Crippen LogP contribution in [0.5, 0.6) is 0 Å². The van der Waals surface area contributed by atoms with Crippen LogP contribution in [-0.2, 0) is 0 Å². The molecule has 1 heterocycles. The van der Waals surface area contributed by atoms with E-state index >= 15 is 0 Å². The number of hydrogen-bond acceptors (Lipinski definition) is 2. The van der Waals surface area contributed by atoms with Crippen molar-refractivity contribution in [2.45, 2.75) is 17.9 Å². The van der Waals surface area contributed by atoms with Gasteiger partial charge in [0.05, 0.1) is 6.04 Å². The molecule has 1 aliphatic heterocycles. The molecule has 92 valence electrons. The van der Waals surface area contributed by atoms with Crippen LogP contribution < -0.4 is 5.32 Å². The fraction of sp³-hybridized carbons (Fsp3) is 0.200. The molecule has 2 aromatic carbocycles. The van der Waals surface area contributed by atoms with E-state index in [1.807, 2.05) is 11.8 Å². The molecule has 2 aromatic rings. The summed E-state index contributed by atoms with van der Waals surface area (Å²) in [5.74, 6) is 1.11. The van der Waals surface area contributed by atoms with Crippen molar-refractivity contribution in [1.82, 2.24) is 0 Å². The van der Waals surface area contributed by atoms with Crippen molar-refractivity contribution >= 4 is 33.4 Å². The molecule has 1 unspecified atom stereocenters. The number of rotatable bonds is 2. The largest absolute Gasteiger partial charge is 0.377 e. The van der Waals surface area contributed by atoms with Crippen LogP contribution in [0.4, 0.5) is 5.69 Å². The number of anilines is 1. The van der Waals surface area contributed by atoms with Crippen LogP contribution in [0.1, 0.15) is 17.2 Å². The first kappa shape index (κ1) is 12.1. The molecule has 0 amide bonds. The SMILES string of the molecule is Cc1cc(NC2CSc3ccccc32)ccc1Br. The zero-order valence-electron chi connectivity index (χ0n) is 10.1. The molecule has 0 saturated carbocycles. The number of hydrogen-bond donors (Lipinski definition) is 1. The molecule has 3 rings (SSSR count). The van der Waals surface area contributed by atoms with Crippen molar-refractivity contribution in [3.8, 4) is 0 Å². The zero-order valence-corrected chi connectivity index (χ0v) is 12.5. The second-order valence-corrected chi connectivity index (χ2v) is 6.43. The first-order valence-corrected chi connectivity index (χ1v) is 7.76. The quantitative estimate of drug-likeness (QED) is 0.834. The van der Waals surface area contributed by atoms with E-state index < -0.39 is 0 Å². The van der Waals surface area contributed by atoms with E-state index in [1.165, 1.54) is 21.7 Å². The number of nitrogens with one attached hydrogen (secondary N) is 1. The Morgan fingerprint density at radius 1 is 1.22 bits per heavy atom. The summed E-state index contributed by atoms with van der Waals surface area (Å²) in [6, 6.07) is 15.5. The van der Waals surface area contributed by atoms with Crippen LogP contribution in [0, 0.1) is 6.92 Å². The van der Waals surface area contributed by atoms with Gasteiger partial charge < -0.3 is 5.32 Å². The van der Waals surface area contributed by atoms with E-state index in [0.717, 1.165) is 10.2 Å². The second-order valence-electron chi connectivity index (χ2n) is 4.51. The molecule has 1 N–H and O–H groups in total. The molecule has 0 aromatic heterocycles. The van der Waals surface area contributed by atoms with Gasteiger partial charge in [-0.25, -0.2) is 0 Å². The minimum absolute atomic E-state index is 0.423. The first-order valence-electron chi connectivity index (χ1n) is 5.98. The number of fused-ring (bicyclic) bond motifs is 1. The predicted octanol–water partition coefficient (Wildman–Crippen LogP) is 5.02. The van der Waals surface area contributed by atoms with Crippen LogP contribution in [0.15, 0.2) is 51.8 Å². The lowest BCUT2D eigenvalue weighted by atomic mass is 10.1. The Labute approximate surface area is 120 Å². The van der Waals surface area contributed by atoms with Crippen molar-refractivity contribution in [3.05, 3.63) is 58.1 Å². The lowest BCUT2D eigenvalue weighted by Crippen LogP contribution is -2.09. The summed E-state index contributed by atoms with van der Waals surface area (Å²) in [5, 5.41) is 3.62. The third kappa shape index (κ3) is 2.29. The highest BCUT2D eigenvalue weighted by molar-refractivity contribution is 9.10. The lowest BCUT2D eigenvalue weighted by Gasteiger charge is -2.15. The Balaban J connectivity index is 1.84. The van der Waals surface area contributed by atoms with Gasteiger partial charge in [0.2, 0.25) is 0 Å². The van der Waals surface area contributed by atoms with Crippen molar-refractivity contribution in [3.63, 3.8) is 0 Å². The molecule has 1 nitrogen and oxygen atoms in total. The summed E-state index contributed by atoms with van der Waals surface area (Å²) in [7, 11) is 0. The van der Waals surface area contributed by atoms with Crippen molar-refractivity contribution in [2.24, 2.45) is 0 Å². The van der Waals surface area contributed by atoms with E-state index in [4.69, 9.17) is 0 Å². The van der Waals surface area contributed by atoms with Gasteiger partial charge >= 0.3 is 0 Å². The molecule has 0 fully saturated rings. The Hall–Kier alpha value is -0.930. The fourth-order valence-corrected chi connectivity index (χ4v) is 3.63. The molecule has 0 aliphatic carbocycles. The Kier molecular flexibility index (Phi) is 3.35. The van der Waals surface area contributed by atoms with E-state index in [0.29, 0.717) is 6.04 Å². The molecule has 1 aliphatic rings. The molecule has 0 saturated heterocycles. The average molecular weight is 320 g/mol. The van der Waals surface area contributed by atoms with Gasteiger partial charge in [0.1, 0.15) is 0 Å². The maximum absolute atomic E-state index is 3.62. The third-order valence-corrected chi connectivity index (χ3v) is 5.27. The van der Waals surface area contributed by atoms with Gasteiger partial charge in [0.15, 0.2) is 0 Å². The summed E-state index contributed by atoms with van der Waals surface area (Å²) in [6.45, 7) is 2.12. The van der Waals surface area contributed by atoms with Crippen LogP contribution in [0.3, 0.4) is 0 Å². The monoisotopic (exact) mass is 319 g/mol. The molecule has 1 atom stereocenters. The summed E-state index contributed by atoms with van der Waals surface area (Å²) in [6.07, 6.45) is 0. The maximum Gasteiger partial charge on any atom is 0.0618 e. The van der Waals surface area contributed by atoms with Crippen LogP contribution in [-0.4, -0.2) is 5.75 Å². The Morgan fingerprint density at radius 3 is 2.89 bits per heavy atom. The Bertz CT molecular complexity index is 582. The number of thioether (sulfide) groups is 1. The van der Waals surface area contributed by atoms with Gasteiger partial charge in [-0.15, -0.1) is 11.8 Å². The average Bonchev–Trinajstić information content (AvgIpc) is 2.78. The predicted molar refractivity (Wildman–Crippen MR) is 82.4 cm³/mol. The van der Waals surface area contributed by atoms with Crippen LogP contribution in [0.25, 0.3) is 0 Å². The van der Waals surface area contributed by atoms with Crippen molar-refractivity contribution in [1.29, 1.82) is 0 Å². The van der Waals surface area contributed by atoms with Crippen LogP contribution >= 0.6 is 27.7 Å². The lowest BCUT2D eigenvalue weighted by molar-refractivity contribution is 0.899. The summed E-state index contributed by atoms with van der Waals surface area (Å²) < 4.78 is 1.16. The normalized spacial score (nSPS) is 17.6. The highest BCUT2D eigenvalue weighted by atomic mass is 79.9. The first-order chi connectivity index (χ1) is 8.74. The zero-order chi connectivity index (χ0) is 12.5. The minimum Gasteiger partial charge on any atom is -0.377 e. The minimum atomic E-state index is 0.423. The molecule has 3 heteroatoms. The van der Waals surface area contributed by atoms with Gasteiger partial charge in [-0.3, -0.25) is 0 Å². The number of benzene rings is 2. The summed E-state index contributed by atoms with van der Waals surface area (Å²) in [4.78, 5) is 1.41. The van der Waals surface area contributed by atoms with E-state index in [2.05, 4.69) is 70.6 Å². The highest BCUT2D eigenvalue weighted by Gasteiger charge is 2.22. The molecular formula is C15H14BrNS. The number of aryl methyl sites for hydroxylation is 1. The molecule has 0 spiro atoms. The summed E-state index contributed by atoms with van der Waals surface area (Å²) in [5.41, 5.74) is 3.88. The standard InChI is InChI=1S/C15H14BrNS/c1-10-8-11(6-7-13(10)16)17-14-9-18-15-5-3-2-4-12(14)15/h2-8,14,17H,9H2,1H3. The molecular weight excluding hydrogens is 306 g/mol. The molecule has 0 radical (unpaired) electrons. The summed E-state index contributed by atoms with van der Waals surface area (Å²) >= 11 is 5.47. The smallest absolute Gasteiger partial charge is 0.0618 e. The third-order valence-electron chi connectivity index (χ3n) is 3.20. The van der Waals surface area contributed by atoms with E-state index in [9.17, 15) is 0 Å². The molecule has 0 bridgehead atoms. The second kappa shape index (κ2) is 4.98. The van der Waals surface area contributed by atoms with Gasteiger partial charge in [-0.1, -0.05) is 34.1 Å². The van der Waals surface area contributed by atoms with E-state index in [1.54, 1.807) is 0 Å². The molecule has 18 heavy (non-hydrogen) atoms. The van der Waals surface area contributed by atoms with Gasteiger partial charge in [-0.05, 0) is 42.3 Å². The van der Waals surface area contributed by atoms with Crippen molar-refractivity contribution in [2.75, 3.05) is 11.1 Å².